The summed E-state index contributed by atoms with van der Waals surface area (Å²) in [6.07, 6.45) is 6.99. The zero-order valence-electron chi connectivity index (χ0n) is 20.0. The van der Waals surface area contributed by atoms with Crippen LogP contribution in [0.5, 0.6) is 0 Å². The first-order valence-corrected chi connectivity index (χ1v) is 12.9. The van der Waals surface area contributed by atoms with Crippen LogP contribution in [-0.2, 0) is 9.59 Å². The lowest BCUT2D eigenvalue weighted by molar-refractivity contribution is -0.140. The Morgan fingerprint density at radius 1 is 1.00 bits per heavy atom. The molecule has 0 spiro atoms. The van der Waals surface area contributed by atoms with Crippen LogP contribution in [0.25, 0.3) is 5.76 Å². The van der Waals surface area contributed by atoms with Gasteiger partial charge < -0.3 is 14.9 Å². The second-order valence-corrected chi connectivity index (χ2v) is 9.57. The highest BCUT2D eigenvalue weighted by molar-refractivity contribution is 9.10. The zero-order valence-corrected chi connectivity index (χ0v) is 21.6. The molecule has 0 radical (unpaired) electrons. The molecule has 1 saturated heterocycles. The molecular formula is C27H34BrN3O3. The molecule has 34 heavy (non-hydrogen) atoms. The van der Waals surface area contributed by atoms with Gasteiger partial charge in [-0.2, -0.15) is 0 Å². The van der Waals surface area contributed by atoms with Crippen LogP contribution in [-0.4, -0.2) is 57.8 Å². The first-order valence-electron chi connectivity index (χ1n) is 12.2. The Kier molecular flexibility index (Phi) is 9.84. The number of likely N-dealkylation sites (tertiary alicyclic amines) is 1. The van der Waals surface area contributed by atoms with Gasteiger partial charge in [0.25, 0.3) is 11.7 Å². The molecule has 3 rings (SSSR count). The number of aromatic nitrogens is 1. The van der Waals surface area contributed by atoms with Gasteiger partial charge in [-0.1, -0.05) is 60.8 Å². The average molecular weight is 528 g/mol. The number of nitrogens with zero attached hydrogens (tertiary/aromatic N) is 3. The van der Waals surface area contributed by atoms with E-state index >= 15 is 0 Å². The number of halogens is 1. The third-order valence-corrected chi connectivity index (χ3v) is 6.68. The third-order valence-electron chi connectivity index (χ3n) is 6.15. The van der Waals surface area contributed by atoms with Crippen LogP contribution in [0.1, 0.15) is 63.3 Å². The van der Waals surface area contributed by atoms with E-state index in [0.29, 0.717) is 17.8 Å². The molecule has 1 amide bonds. The van der Waals surface area contributed by atoms with E-state index in [1.54, 1.807) is 47.5 Å². The van der Waals surface area contributed by atoms with Gasteiger partial charge in [-0.3, -0.25) is 14.6 Å². The van der Waals surface area contributed by atoms with Crippen molar-refractivity contribution in [3.05, 3.63) is 70.0 Å². The minimum absolute atomic E-state index is 0.0971. The number of rotatable bonds is 12. The van der Waals surface area contributed by atoms with Crippen molar-refractivity contribution < 1.29 is 14.7 Å². The van der Waals surface area contributed by atoms with Gasteiger partial charge in [-0.05, 0) is 63.2 Å². The fraction of sp³-hybridized carbons (Fsp3) is 0.444. The van der Waals surface area contributed by atoms with E-state index < -0.39 is 17.7 Å². The molecule has 1 atom stereocenters. The SMILES string of the molecule is CCCCN(CCCC)CCCN1C(=O)C(=O)C(=C(O)c2ccc(Br)cc2)C1c1ccccn1. The topological polar surface area (TPSA) is 73.7 Å². The number of amides is 1. The maximum Gasteiger partial charge on any atom is 0.295 e. The Morgan fingerprint density at radius 2 is 1.65 bits per heavy atom. The van der Waals surface area contributed by atoms with Crippen LogP contribution in [0.4, 0.5) is 0 Å². The molecule has 1 aliphatic rings. The highest BCUT2D eigenvalue weighted by Gasteiger charge is 2.46. The summed E-state index contributed by atoms with van der Waals surface area (Å²) in [5, 5.41) is 11.1. The van der Waals surface area contributed by atoms with Crippen molar-refractivity contribution in [2.75, 3.05) is 26.2 Å². The number of benzene rings is 1. The van der Waals surface area contributed by atoms with Gasteiger partial charge in [0.05, 0.1) is 11.3 Å². The number of carbonyl (C=O) groups is 2. The quantitative estimate of drug-likeness (QED) is 0.222. The average Bonchev–Trinajstić information content (AvgIpc) is 3.11. The second kappa shape index (κ2) is 12.8. The number of unbranched alkanes of at least 4 members (excludes halogenated alkanes) is 2. The number of aliphatic hydroxyl groups is 1. The molecule has 2 heterocycles. The van der Waals surface area contributed by atoms with E-state index in [1.165, 1.54) is 0 Å². The molecule has 1 aromatic heterocycles. The molecule has 1 aliphatic heterocycles. The molecule has 2 aromatic rings. The number of Topliss-reactive ketones (excluding diaryl/α,β-unsaturated/α-hetero) is 1. The zero-order chi connectivity index (χ0) is 24.5. The van der Waals surface area contributed by atoms with Crippen LogP contribution in [0.3, 0.4) is 0 Å². The van der Waals surface area contributed by atoms with Crippen molar-refractivity contribution in [2.45, 2.75) is 52.0 Å². The van der Waals surface area contributed by atoms with Crippen LogP contribution in [0.15, 0.2) is 58.7 Å². The predicted molar refractivity (Wildman–Crippen MR) is 138 cm³/mol. The summed E-state index contributed by atoms with van der Waals surface area (Å²) < 4.78 is 0.862. The van der Waals surface area contributed by atoms with Gasteiger partial charge in [0.1, 0.15) is 11.8 Å². The predicted octanol–water partition coefficient (Wildman–Crippen LogP) is 5.56. The second-order valence-electron chi connectivity index (χ2n) is 8.66. The molecule has 0 saturated carbocycles. The van der Waals surface area contributed by atoms with Crippen LogP contribution < -0.4 is 0 Å². The fourth-order valence-corrected chi connectivity index (χ4v) is 4.55. The van der Waals surface area contributed by atoms with Crippen LogP contribution in [0, 0.1) is 0 Å². The Hall–Kier alpha value is -2.51. The molecule has 1 unspecified atom stereocenters. The number of pyridine rings is 1. The number of carbonyl (C=O) groups excluding carboxylic acids is 2. The highest BCUT2D eigenvalue weighted by atomic mass is 79.9. The Morgan fingerprint density at radius 3 is 2.24 bits per heavy atom. The van der Waals surface area contributed by atoms with Gasteiger partial charge in [0.15, 0.2) is 0 Å². The van der Waals surface area contributed by atoms with Gasteiger partial charge in [0, 0.05) is 22.8 Å². The molecule has 1 aromatic carbocycles. The lowest BCUT2D eigenvalue weighted by atomic mass is 9.98. The molecule has 0 bridgehead atoms. The van der Waals surface area contributed by atoms with Gasteiger partial charge in [0.2, 0.25) is 0 Å². The summed E-state index contributed by atoms with van der Waals surface area (Å²) in [4.78, 5) is 34.7. The van der Waals surface area contributed by atoms with Crippen molar-refractivity contribution in [3.63, 3.8) is 0 Å². The minimum atomic E-state index is -0.704. The smallest absolute Gasteiger partial charge is 0.295 e. The molecule has 182 valence electrons. The lowest BCUT2D eigenvalue weighted by Crippen LogP contribution is -2.34. The van der Waals surface area contributed by atoms with E-state index in [4.69, 9.17) is 0 Å². The minimum Gasteiger partial charge on any atom is -0.507 e. The van der Waals surface area contributed by atoms with Gasteiger partial charge in [-0.25, -0.2) is 0 Å². The van der Waals surface area contributed by atoms with Gasteiger partial charge in [-0.15, -0.1) is 0 Å². The third kappa shape index (κ3) is 6.33. The monoisotopic (exact) mass is 527 g/mol. The largest absolute Gasteiger partial charge is 0.507 e. The van der Waals surface area contributed by atoms with Crippen LogP contribution in [0.2, 0.25) is 0 Å². The summed E-state index contributed by atoms with van der Waals surface area (Å²) in [7, 11) is 0. The Balaban J connectivity index is 1.87. The summed E-state index contributed by atoms with van der Waals surface area (Å²) in [5.74, 6) is -1.41. The summed E-state index contributed by atoms with van der Waals surface area (Å²) in [5.41, 5.74) is 1.17. The van der Waals surface area contributed by atoms with Crippen molar-refractivity contribution in [1.82, 2.24) is 14.8 Å². The maximum atomic E-state index is 13.1. The van der Waals surface area contributed by atoms with E-state index in [1.807, 2.05) is 6.07 Å². The molecular weight excluding hydrogens is 494 g/mol. The molecule has 1 fully saturated rings. The Labute approximate surface area is 210 Å². The maximum absolute atomic E-state index is 13.1. The van der Waals surface area contributed by atoms with Crippen molar-refractivity contribution >= 4 is 33.4 Å². The number of hydrogen-bond donors (Lipinski definition) is 1. The molecule has 6 nitrogen and oxygen atoms in total. The van der Waals surface area contributed by atoms with Crippen molar-refractivity contribution in [1.29, 1.82) is 0 Å². The molecule has 1 N–H and O–H groups in total. The van der Waals surface area contributed by atoms with Crippen molar-refractivity contribution in [2.24, 2.45) is 0 Å². The highest BCUT2D eigenvalue weighted by Crippen LogP contribution is 2.38. The standard InChI is InChI=1S/C27H34BrN3O3/c1-3-5-16-30(17-6-4-2)18-9-19-31-24(22-10-7-8-15-29-22)23(26(33)27(31)34)25(32)20-11-13-21(28)14-12-20/h7-8,10-15,24,32H,3-6,9,16-19H2,1-2H3. The molecule has 7 heteroatoms. The fourth-order valence-electron chi connectivity index (χ4n) is 4.28. The first kappa shape index (κ1) is 26.1. The summed E-state index contributed by atoms with van der Waals surface area (Å²) >= 11 is 3.39. The normalized spacial score (nSPS) is 17.6. The van der Waals surface area contributed by atoms with E-state index in [2.05, 4.69) is 39.7 Å². The van der Waals surface area contributed by atoms with E-state index in [-0.39, 0.29) is 11.3 Å². The van der Waals surface area contributed by atoms with E-state index in [0.717, 1.165) is 56.2 Å². The number of aliphatic hydroxyl groups excluding tert-OH is 1. The summed E-state index contributed by atoms with van der Waals surface area (Å²) in [6, 6.07) is 11.8. The number of ketones is 1. The van der Waals surface area contributed by atoms with E-state index in [9.17, 15) is 14.7 Å². The molecule has 0 aliphatic carbocycles. The van der Waals surface area contributed by atoms with Crippen molar-refractivity contribution in [3.8, 4) is 0 Å². The lowest BCUT2D eigenvalue weighted by Gasteiger charge is -2.27. The van der Waals surface area contributed by atoms with Gasteiger partial charge >= 0.3 is 0 Å². The summed E-state index contributed by atoms with van der Waals surface area (Å²) in [6.45, 7) is 7.76. The Bertz CT molecular complexity index is 984. The van der Waals surface area contributed by atoms with Crippen LogP contribution >= 0.6 is 15.9 Å². The first-order chi connectivity index (χ1) is 16.5. The number of hydrogen-bond acceptors (Lipinski definition) is 5.